The van der Waals surface area contributed by atoms with Crippen LogP contribution in [0.25, 0.3) is 0 Å². The molecule has 0 amide bonds. The van der Waals surface area contributed by atoms with E-state index in [0.717, 1.165) is 12.2 Å². The van der Waals surface area contributed by atoms with Crippen molar-refractivity contribution in [3.05, 3.63) is 36.6 Å². The van der Waals surface area contributed by atoms with Crippen molar-refractivity contribution < 1.29 is 0 Å². The van der Waals surface area contributed by atoms with Crippen LogP contribution in [0.15, 0.2) is 29.5 Å². The van der Waals surface area contributed by atoms with Gasteiger partial charge < -0.3 is 4.90 Å². The topological polar surface area (TPSA) is 52.6 Å². The Morgan fingerprint density at radius 3 is 3.33 bits per heavy atom. The molecule has 0 spiro atoms. The highest BCUT2D eigenvalue weighted by atomic mass is 15.5. The molecule has 0 bridgehead atoms. The summed E-state index contributed by atoms with van der Waals surface area (Å²) in [6.07, 6.45) is 3.67. The van der Waals surface area contributed by atoms with Crippen LogP contribution in [0.4, 0.5) is 0 Å². The van der Waals surface area contributed by atoms with Gasteiger partial charge in [-0.05, 0) is 12.1 Å². The minimum atomic E-state index is 0.0602. The molecule has 15 heavy (non-hydrogen) atoms. The Morgan fingerprint density at radius 2 is 2.47 bits per heavy atom. The number of hydrogen-bond acceptors (Lipinski definition) is 5. The molecule has 2 unspecified atom stereocenters. The number of hydrogen-bond donors (Lipinski definition) is 2. The molecular weight excluding hydrogens is 190 g/mol. The van der Waals surface area contributed by atoms with Gasteiger partial charge in [0.15, 0.2) is 0 Å². The van der Waals surface area contributed by atoms with Crippen LogP contribution >= 0.6 is 0 Å². The average Bonchev–Trinajstić information content (AvgIpc) is 2.77. The molecule has 5 heteroatoms. The van der Waals surface area contributed by atoms with Gasteiger partial charge in [-0.25, -0.2) is 0 Å². The molecule has 1 fully saturated rings. The molecule has 1 aromatic heterocycles. The van der Waals surface area contributed by atoms with Crippen LogP contribution in [0.3, 0.4) is 0 Å². The Morgan fingerprint density at radius 1 is 1.47 bits per heavy atom. The predicted octanol–water partition coefficient (Wildman–Crippen LogP) is -0.0607. The number of aromatic nitrogens is 1. The fourth-order valence-electron chi connectivity index (χ4n) is 1.77. The van der Waals surface area contributed by atoms with Gasteiger partial charge in [0.1, 0.15) is 19.0 Å². The van der Waals surface area contributed by atoms with Crippen molar-refractivity contribution in [1.29, 1.82) is 0 Å². The van der Waals surface area contributed by atoms with E-state index in [1.807, 2.05) is 18.2 Å². The lowest BCUT2D eigenvalue weighted by molar-refractivity contribution is 0.245. The fourth-order valence-corrected chi connectivity index (χ4v) is 1.77. The first-order valence-electron chi connectivity index (χ1n) is 4.90. The number of pyridine rings is 1. The zero-order chi connectivity index (χ0) is 10.1. The minimum absolute atomic E-state index is 0.0602. The molecule has 2 aliphatic rings. The van der Waals surface area contributed by atoms with Crippen LogP contribution in [-0.4, -0.2) is 28.9 Å². The van der Waals surface area contributed by atoms with Crippen LogP contribution < -0.4 is 10.7 Å². The third-order valence-corrected chi connectivity index (χ3v) is 2.57. The largest absolute Gasteiger partial charge is 0.336 e. The first-order valence-corrected chi connectivity index (χ1v) is 4.90. The Balaban J connectivity index is 1.76. The van der Waals surface area contributed by atoms with Crippen LogP contribution in [0.2, 0.25) is 0 Å². The predicted molar refractivity (Wildman–Crippen MR) is 55.5 cm³/mol. The Bertz CT molecular complexity index is 363. The molecular formula is C10H11N5. The van der Waals surface area contributed by atoms with Crippen LogP contribution in [0.1, 0.15) is 11.7 Å². The lowest BCUT2D eigenvalue weighted by Crippen LogP contribution is -2.50. The third-order valence-electron chi connectivity index (χ3n) is 2.57. The van der Waals surface area contributed by atoms with E-state index in [2.05, 4.69) is 32.3 Å². The van der Waals surface area contributed by atoms with Gasteiger partial charge in [0.05, 0.1) is 11.7 Å². The summed E-state index contributed by atoms with van der Waals surface area (Å²) in [6, 6.07) is 6.11. The quantitative estimate of drug-likeness (QED) is 0.668. The Labute approximate surface area is 88.2 Å². The summed E-state index contributed by atoms with van der Waals surface area (Å²) in [4.78, 5) is 6.42. The fraction of sp³-hybridized carbons (Fsp3) is 0.300. The SMILES string of the molecule is [C]1NC(c2ccccn2)CN2C=NNC12. The Kier molecular flexibility index (Phi) is 2.03. The summed E-state index contributed by atoms with van der Waals surface area (Å²) in [6.45, 7) is 3.98. The summed E-state index contributed by atoms with van der Waals surface area (Å²) >= 11 is 0. The molecule has 1 aromatic rings. The molecule has 3 heterocycles. The molecule has 2 atom stereocenters. The molecule has 5 nitrogen and oxygen atoms in total. The van der Waals surface area contributed by atoms with Crippen molar-refractivity contribution in [2.24, 2.45) is 5.10 Å². The van der Waals surface area contributed by atoms with Crippen molar-refractivity contribution >= 4 is 6.34 Å². The van der Waals surface area contributed by atoms with Gasteiger partial charge in [-0.3, -0.25) is 15.7 Å². The molecule has 3 rings (SSSR count). The summed E-state index contributed by atoms with van der Waals surface area (Å²) in [7, 11) is 0. The van der Waals surface area contributed by atoms with E-state index in [0.29, 0.717) is 0 Å². The normalized spacial score (nSPS) is 28.7. The molecule has 0 aromatic carbocycles. The molecule has 0 aliphatic carbocycles. The van der Waals surface area contributed by atoms with Gasteiger partial charge in [0.25, 0.3) is 0 Å². The molecule has 2 N–H and O–H groups in total. The minimum Gasteiger partial charge on any atom is -0.336 e. The number of fused-ring (bicyclic) bond motifs is 1. The maximum Gasteiger partial charge on any atom is 0.138 e. The van der Waals surface area contributed by atoms with Crippen LogP contribution in [0, 0.1) is 6.54 Å². The third kappa shape index (κ3) is 1.55. The first kappa shape index (κ1) is 8.67. The molecule has 2 radical (unpaired) electrons. The van der Waals surface area contributed by atoms with Gasteiger partial charge in [-0.2, -0.15) is 5.10 Å². The van der Waals surface area contributed by atoms with E-state index in [4.69, 9.17) is 0 Å². The summed E-state index contributed by atoms with van der Waals surface area (Å²) < 4.78 is 0. The van der Waals surface area contributed by atoms with Gasteiger partial charge in [0, 0.05) is 12.7 Å². The molecule has 0 saturated carbocycles. The second-order valence-electron chi connectivity index (χ2n) is 3.57. The van der Waals surface area contributed by atoms with Crippen molar-refractivity contribution in [2.45, 2.75) is 12.2 Å². The van der Waals surface area contributed by atoms with Crippen molar-refractivity contribution in [3.8, 4) is 0 Å². The standard InChI is InChI=1S/C10H11N5/c1-2-4-11-8(3-1)9-6-15-7-13-14-10(15)5-12-9/h1-4,7,9-10,12,14H,6H2. The van der Waals surface area contributed by atoms with E-state index in [1.54, 1.807) is 12.5 Å². The summed E-state index contributed by atoms with van der Waals surface area (Å²) in [5, 5.41) is 7.19. The second kappa shape index (κ2) is 3.51. The number of piperazine rings is 1. The van der Waals surface area contributed by atoms with E-state index in [1.165, 1.54) is 0 Å². The Hall–Kier alpha value is -1.62. The average molecular weight is 201 g/mol. The first-order chi connectivity index (χ1) is 7.43. The lowest BCUT2D eigenvalue weighted by Gasteiger charge is -2.33. The van der Waals surface area contributed by atoms with E-state index >= 15 is 0 Å². The van der Waals surface area contributed by atoms with Crippen molar-refractivity contribution in [3.63, 3.8) is 0 Å². The zero-order valence-corrected chi connectivity index (χ0v) is 8.09. The maximum absolute atomic E-state index is 4.32. The van der Waals surface area contributed by atoms with Crippen molar-refractivity contribution in [2.75, 3.05) is 6.54 Å². The van der Waals surface area contributed by atoms with Gasteiger partial charge in [0.2, 0.25) is 0 Å². The van der Waals surface area contributed by atoms with Crippen molar-refractivity contribution in [1.82, 2.24) is 20.6 Å². The van der Waals surface area contributed by atoms with Crippen LogP contribution in [-0.2, 0) is 0 Å². The van der Waals surface area contributed by atoms with E-state index < -0.39 is 0 Å². The van der Waals surface area contributed by atoms with E-state index in [9.17, 15) is 0 Å². The van der Waals surface area contributed by atoms with Crippen LogP contribution in [0.5, 0.6) is 0 Å². The highest BCUT2D eigenvalue weighted by Gasteiger charge is 2.30. The highest BCUT2D eigenvalue weighted by Crippen LogP contribution is 2.19. The second-order valence-corrected chi connectivity index (χ2v) is 3.57. The monoisotopic (exact) mass is 201 g/mol. The van der Waals surface area contributed by atoms with Gasteiger partial charge in [-0.15, -0.1) is 0 Å². The number of hydrazone groups is 1. The van der Waals surface area contributed by atoms with Gasteiger partial charge >= 0.3 is 0 Å². The molecule has 2 aliphatic heterocycles. The molecule has 1 saturated heterocycles. The summed E-state index contributed by atoms with van der Waals surface area (Å²) in [5.41, 5.74) is 3.96. The van der Waals surface area contributed by atoms with E-state index in [-0.39, 0.29) is 12.2 Å². The number of rotatable bonds is 1. The highest BCUT2D eigenvalue weighted by molar-refractivity contribution is 5.58. The zero-order valence-electron chi connectivity index (χ0n) is 8.09. The molecule has 76 valence electrons. The number of nitrogens with zero attached hydrogens (tertiary/aromatic N) is 3. The number of nitrogens with one attached hydrogen (secondary N) is 2. The lowest BCUT2D eigenvalue weighted by atomic mass is 10.1. The maximum atomic E-state index is 4.32. The smallest absolute Gasteiger partial charge is 0.138 e. The summed E-state index contributed by atoms with van der Waals surface area (Å²) in [5.74, 6) is 0. The van der Waals surface area contributed by atoms with Gasteiger partial charge in [-0.1, -0.05) is 6.07 Å².